The summed E-state index contributed by atoms with van der Waals surface area (Å²) in [5, 5.41) is 9.65. The molecule has 0 bridgehead atoms. The topological polar surface area (TPSA) is 99.3 Å². The number of carbonyl (C=O) groups is 3. The lowest BCUT2D eigenvalue weighted by Gasteiger charge is -2.10. The number of hydrogen-bond acceptors (Lipinski definition) is 3. The van der Waals surface area contributed by atoms with Crippen molar-refractivity contribution in [3.63, 3.8) is 0 Å². The summed E-state index contributed by atoms with van der Waals surface area (Å²) in [6.45, 7) is 0.452. The Morgan fingerprint density at radius 3 is 2.53 bits per heavy atom. The van der Waals surface area contributed by atoms with Gasteiger partial charge in [-0.15, -0.1) is 0 Å². The maximum atomic E-state index is 11.5. The van der Waals surface area contributed by atoms with Gasteiger partial charge in [0.1, 0.15) is 6.04 Å². The van der Waals surface area contributed by atoms with E-state index in [2.05, 4.69) is 21.3 Å². The molecule has 7 heteroatoms. The normalized spacial score (nSPS) is 17.6. The van der Waals surface area contributed by atoms with Gasteiger partial charge >= 0.3 is 12.1 Å². The lowest BCUT2D eigenvalue weighted by molar-refractivity contribution is -0.120. The third-order valence-corrected chi connectivity index (χ3v) is 2.62. The quantitative estimate of drug-likeness (QED) is 0.560. The van der Waals surface area contributed by atoms with E-state index in [9.17, 15) is 14.4 Å². The molecule has 100 valence electrons. The van der Waals surface area contributed by atoms with Crippen LogP contribution in [0.3, 0.4) is 0 Å². The molecule has 0 radical (unpaired) electrons. The minimum atomic E-state index is -0.713. The molecule has 0 spiro atoms. The van der Waals surface area contributed by atoms with Gasteiger partial charge in [-0.1, -0.05) is 30.3 Å². The van der Waals surface area contributed by atoms with E-state index in [1.54, 1.807) is 0 Å². The van der Waals surface area contributed by atoms with Crippen molar-refractivity contribution in [1.29, 1.82) is 0 Å². The van der Waals surface area contributed by atoms with Crippen LogP contribution in [0.5, 0.6) is 0 Å². The Morgan fingerprint density at radius 2 is 1.89 bits per heavy atom. The van der Waals surface area contributed by atoms with Crippen LogP contribution in [0.25, 0.3) is 0 Å². The van der Waals surface area contributed by atoms with Crippen LogP contribution >= 0.6 is 0 Å². The van der Waals surface area contributed by atoms with Crippen LogP contribution in [0.15, 0.2) is 30.3 Å². The van der Waals surface area contributed by atoms with Crippen molar-refractivity contribution in [3.8, 4) is 0 Å². The molecule has 7 nitrogen and oxygen atoms in total. The van der Waals surface area contributed by atoms with E-state index in [0.717, 1.165) is 5.56 Å². The molecule has 0 aliphatic carbocycles. The molecular formula is C12H14N4O3. The van der Waals surface area contributed by atoms with E-state index in [1.807, 2.05) is 30.3 Å². The Balaban J connectivity index is 1.70. The van der Waals surface area contributed by atoms with Gasteiger partial charge in [0.15, 0.2) is 0 Å². The highest BCUT2D eigenvalue weighted by molar-refractivity contribution is 6.04. The van der Waals surface area contributed by atoms with Crippen molar-refractivity contribution < 1.29 is 14.4 Å². The van der Waals surface area contributed by atoms with Gasteiger partial charge < -0.3 is 16.0 Å². The first-order valence-electron chi connectivity index (χ1n) is 5.82. The van der Waals surface area contributed by atoms with Crippen LogP contribution < -0.4 is 21.3 Å². The van der Waals surface area contributed by atoms with Gasteiger partial charge in [0.05, 0.1) is 0 Å². The van der Waals surface area contributed by atoms with Gasteiger partial charge in [0, 0.05) is 13.1 Å². The van der Waals surface area contributed by atoms with Crippen molar-refractivity contribution in [3.05, 3.63) is 35.9 Å². The summed E-state index contributed by atoms with van der Waals surface area (Å²) in [6, 6.07) is 7.80. The highest BCUT2D eigenvalue weighted by atomic mass is 16.2. The van der Waals surface area contributed by atoms with Gasteiger partial charge in [0.2, 0.25) is 0 Å². The number of benzene rings is 1. The zero-order valence-corrected chi connectivity index (χ0v) is 10.1. The number of rotatable bonds is 4. The molecule has 0 saturated carbocycles. The smallest absolute Gasteiger partial charge is 0.322 e. The summed E-state index contributed by atoms with van der Waals surface area (Å²) in [7, 11) is 0. The molecule has 1 fully saturated rings. The second kappa shape index (κ2) is 5.85. The van der Waals surface area contributed by atoms with Gasteiger partial charge in [-0.2, -0.15) is 0 Å². The highest BCUT2D eigenvalue weighted by Crippen LogP contribution is 1.97. The van der Waals surface area contributed by atoms with Gasteiger partial charge in [-0.25, -0.2) is 9.59 Å². The molecule has 1 aliphatic rings. The maximum absolute atomic E-state index is 11.5. The molecule has 1 atom stereocenters. The lowest BCUT2D eigenvalue weighted by atomic mass is 10.2. The average molecular weight is 262 g/mol. The third-order valence-electron chi connectivity index (χ3n) is 2.62. The lowest BCUT2D eigenvalue weighted by Crippen LogP contribution is -2.45. The minimum Gasteiger partial charge on any atom is -0.336 e. The largest absolute Gasteiger partial charge is 0.336 e. The first-order chi connectivity index (χ1) is 9.15. The van der Waals surface area contributed by atoms with Crippen molar-refractivity contribution in [2.45, 2.75) is 12.6 Å². The van der Waals surface area contributed by atoms with Crippen LogP contribution in [-0.2, 0) is 11.3 Å². The monoisotopic (exact) mass is 262 g/mol. The SMILES string of the molecule is O=C(NCc1ccccc1)NCC1NC(=O)NC1=O. The van der Waals surface area contributed by atoms with Gasteiger partial charge in [-0.05, 0) is 5.56 Å². The van der Waals surface area contributed by atoms with Crippen LogP contribution in [0.1, 0.15) is 5.56 Å². The number of imide groups is 1. The Bertz CT molecular complexity index is 489. The molecule has 2 rings (SSSR count). The van der Waals surface area contributed by atoms with Crippen molar-refractivity contribution in [2.24, 2.45) is 0 Å². The number of nitrogens with one attached hydrogen (secondary N) is 4. The molecule has 4 N–H and O–H groups in total. The molecular weight excluding hydrogens is 248 g/mol. The molecule has 1 aromatic carbocycles. The molecule has 19 heavy (non-hydrogen) atoms. The second-order valence-corrected chi connectivity index (χ2v) is 4.06. The zero-order chi connectivity index (χ0) is 13.7. The number of amides is 5. The molecule has 1 aliphatic heterocycles. The molecule has 1 saturated heterocycles. The Morgan fingerprint density at radius 1 is 1.16 bits per heavy atom. The van der Waals surface area contributed by atoms with E-state index in [-0.39, 0.29) is 6.54 Å². The van der Waals surface area contributed by atoms with Gasteiger partial charge in [-0.3, -0.25) is 10.1 Å². The van der Waals surface area contributed by atoms with E-state index in [0.29, 0.717) is 6.54 Å². The number of urea groups is 2. The molecule has 1 aromatic rings. The predicted molar refractivity (Wildman–Crippen MR) is 67.1 cm³/mol. The Kier molecular flexibility index (Phi) is 3.97. The van der Waals surface area contributed by atoms with Crippen molar-refractivity contribution in [1.82, 2.24) is 21.3 Å². The van der Waals surface area contributed by atoms with Gasteiger partial charge in [0.25, 0.3) is 5.91 Å². The number of hydrogen-bond donors (Lipinski definition) is 4. The standard InChI is InChI=1S/C12H14N4O3/c17-10-9(15-12(19)16-10)7-14-11(18)13-6-8-4-2-1-3-5-8/h1-5,9H,6-7H2,(H2,13,14,18)(H2,15,16,17,19). The first-order valence-corrected chi connectivity index (χ1v) is 5.82. The van der Waals surface area contributed by atoms with E-state index in [1.165, 1.54) is 0 Å². The maximum Gasteiger partial charge on any atom is 0.322 e. The summed E-state index contributed by atoms with van der Waals surface area (Å²) in [5.41, 5.74) is 0.976. The van der Waals surface area contributed by atoms with Crippen LogP contribution in [-0.4, -0.2) is 30.6 Å². The van der Waals surface area contributed by atoms with E-state index < -0.39 is 24.0 Å². The summed E-state index contributed by atoms with van der Waals surface area (Å²) >= 11 is 0. The summed E-state index contributed by atoms with van der Waals surface area (Å²) in [6.07, 6.45) is 0. The van der Waals surface area contributed by atoms with Crippen LogP contribution in [0, 0.1) is 0 Å². The minimum absolute atomic E-state index is 0.0538. The predicted octanol–water partition coefficient (Wildman–Crippen LogP) is -0.306. The molecule has 1 unspecified atom stereocenters. The van der Waals surface area contributed by atoms with E-state index in [4.69, 9.17) is 0 Å². The second-order valence-electron chi connectivity index (χ2n) is 4.06. The molecule has 5 amide bonds. The fraction of sp³-hybridized carbons (Fsp3) is 0.250. The molecule has 0 aromatic heterocycles. The van der Waals surface area contributed by atoms with E-state index >= 15 is 0 Å². The van der Waals surface area contributed by atoms with Crippen molar-refractivity contribution in [2.75, 3.05) is 6.54 Å². The van der Waals surface area contributed by atoms with Crippen LogP contribution in [0.4, 0.5) is 9.59 Å². The molecule has 1 heterocycles. The van der Waals surface area contributed by atoms with Crippen molar-refractivity contribution >= 4 is 18.0 Å². The summed E-state index contributed by atoms with van der Waals surface area (Å²) in [4.78, 5) is 33.6. The average Bonchev–Trinajstić information content (AvgIpc) is 2.73. The Labute approximate surface area is 109 Å². The third kappa shape index (κ3) is 3.70. The van der Waals surface area contributed by atoms with Crippen LogP contribution in [0.2, 0.25) is 0 Å². The summed E-state index contributed by atoms with van der Waals surface area (Å²) in [5.74, 6) is -0.437. The zero-order valence-electron chi connectivity index (χ0n) is 10.1. The first kappa shape index (κ1) is 12.9. The summed E-state index contributed by atoms with van der Waals surface area (Å²) < 4.78 is 0. The number of carbonyl (C=O) groups excluding carboxylic acids is 3. The fourth-order valence-corrected chi connectivity index (χ4v) is 1.64. The highest BCUT2D eigenvalue weighted by Gasteiger charge is 2.29. The fourth-order valence-electron chi connectivity index (χ4n) is 1.64. The Hall–Kier alpha value is -2.57.